The first-order valence-corrected chi connectivity index (χ1v) is 10.9. The summed E-state index contributed by atoms with van der Waals surface area (Å²) in [6.07, 6.45) is 3.74. The third-order valence-electron chi connectivity index (χ3n) is 6.79. The van der Waals surface area contributed by atoms with Crippen LogP contribution in [0.15, 0.2) is 48.7 Å². The molecule has 1 aliphatic carbocycles. The normalized spacial score (nSPS) is 26.8. The lowest BCUT2D eigenvalue weighted by Crippen LogP contribution is -2.51. The van der Waals surface area contributed by atoms with Gasteiger partial charge in [-0.05, 0) is 42.5 Å². The van der Waals surface area contributed by atoms with Gasteiger partial charge in [-0.1, -0.05) is 35.9 Å². The molecule has 0 bridgehead atoms. The Bertz CT molecular complexity index is 1220. The molecule has 3 aromatic rings. The Kier molecular flexibility index (Phi) is 4.05. The number of halogens is 1. The first-order chi connectivity index (χ1) is 15.0. The predicted octanol–water partition coefficient (Wildman–Crippen LogP) is 3.62. The second-order valence-corrected chi connectivity index (χ2v) is 9.10. The monoisotopic (exact) mass is 436 g/mol. The molecule has 2 aromatic heterocycles. The lowest BCUT2D eigenvalue weighted by molar-refractivity contribution is -0.0555. The van der Waals surface area contributed by atoms with Crippen molar-refractivity contribution in [1.29, 1.82) is 0 Å². The number of alkyl carbamates (subject to hydrolysis) is 1. The van der Waals surface area contributed by atoms with Gasteiger partial charge in [0.05, 0.1) is 18.3 Å². The maximum absolute atomic E-state index is 13.3. The van der Waals surface area contributed by atoms with Gasteiger partial charge in [0.2, 0.25) is 0 Å². The maximum atomic E-state index is 13.3. The van der Waals surface area contributed by atoms with Gasteiger partial charge in [0.1, 0.15) is 11.2 Å². The fraction of sp³-hybridized carbons (Fsp3) is 0.348. The Morgan fingerprint density at radius 3 is 2.77 bits per heavy atom. The van der Waals surface area contributed by atoms with Gasteiger partial charge < -0.3 is 19.4 Å². The number of carbonyl (C=O) groups is 2. The van der Waals surface area contributed by atoms with Crippen LogP contribution in [0.4, 0.5) is 4.79 Å². The van der Waals surface area contributed by atoms with Crippen LogP contribution in [-0.2, 0) is 11.2 Å². The molecule has 1 aromatic carbocycles. The zero-order chi connectivity index (χ0) is 21.2. The summed E-state index contributed by atoms with van der Waals surface area (Å²) in [4.78, 5) is 31.2. The smallest absolute Gasteiger partial charge is 0.407 e. The third kappa shape index (κ3) is 2.91. The summed E-state index contributed by atoms with van der Waals surface area (Å²) in [6, 6.07) is 13.5. The van der Waals surface area contributed by atoms with Crippen molar-refractivity contribution in [2.24, 2.45) is 5.92 Å². The largest absolute Gasteiger partial charge is 0.441 e. The van der Waals surface area contributed by atoms with Gasteiger partial charge in [0, 0.05) is 24.7 Å². The number of rotatable bonds is 4. The van der Waals surface area contributed by atoms with E-state index in [-0.39, 0.29) is 18.0 Å². The predicted molar refractivity (Wildman–Crippen MR) is 114 cm³/mol. The van der Waals surface area contributed by atoms with Crippen molar-refractivity contribution in [2.75, 3.05) is 13.1 Å². The van der Waals surface area contributed by atoms with Crippen LogP contribution in [0, 0.1) is 5.92 Å². The number of fused-ring (bicyclic) bond motifs is 2. The van der Waals surface area contributed by atoms with E-state index in [1.807, 2.05) is 58.0 Å². The molecular weight excluding hydrogens is 416 g/mol. The quantitative estimate of drug-likeness (QED) is 0.677. The molecule has 8 heteroatoms. The van der Waals surface area contributed by atoms with E-state index in [2.05, 4.69) is 10.3 Å². The van der Waals surface area contributed by atoms with Gasteiger partial charge in [0.15, 0.2) is 5.15 Å². The Morgan fingerprint density at radius 1 is 1.16 bits per heavy atom. The molecule has 4 heterocycles. The Labute approximate surface area is 184 Å². The number of ether oxygens (including phenoxy) is 1. The Balaban J connectivity index is 1.30. The fourth-order valence-electron chi connectivity index (χ4n) is 5.39. The average Bonchev–Trinajstić information content (AvgIpc) is 3.37. The second kappa shape index (κ2) is 6.72. The van der Waals surface area contributed by atoms with Crippen molar-refractivity contribution in [3.05, 3.63) is 70.6 Å². The van der Waals surface area contributed by atoms with Gasteiger partial charge in [0.25, 0.3) is 5.91 Å². The van der Waals surface area contributed by atoms with Crippen LogP contribution in [-0.4, -0.2) is 45.0 Å². The molecule has 31 heavy (non-hydrogen) atoms. The first kappa shape index (κ1) is 18.7. The molecule has 6 rings (SSSR count). The van der Waals surface area contributed by atoms with Gasteiger partial charge in [-0.25, -0.2) is 9.78 Å². The summed E-state index contributed by atoms with van der Waals surface area (Å²) in [5.41, 5.74) is 3.08. The molecule has 1 spiro atoms. The van der Waals surface area contributed by atoms with Crippen LogP contribution in [0.25, 0.3) is 5.65 Å². The number of aromatic nitrogens is 2. The summed E-state index contributed by atoms with van der Waals surface area (Å²) >= 11 is 6.51. The van der Waals surface area contributed by atoms with Crippen LogP contribution in [0.5, 0.6) is 0 Å². The number of nitrogens with zero attached hydrogens (tertiary/aromatic N) is 3. The number of hydrogen-bond acceptors (Lipinski definition) is 4. The van der Waals surface area contributed by atoms with E-state index in [1.54, 1.807) is 0 Å². The minimum atomic E-state index is -0.391. The molecule has 1 saturated carbocycles. The lowest BCUT2D eigenvalue weighted by atomic mass is 9.70. The number of pyridine rings is 1. The topological polar surface area (TPSA) is 75.9 Å². The highest BCUT2D eigenvalue weighted by atomic mass is 35.5. The minimum absolute atomic E-state index is 0.0491. The summed E-state index contributed by atoms with van der Waals surface area (Å²) in [6.45, 7) is 1.18. The van der Waals surface area contributed by atoms with Crippen molar-refractivity contribution in [3.63, 3.8) is 0 Å². The Morgan fingerprint density at radius 2 is 1.97 bits per heavy atom. The van der Waals surface area contributed by atoms with Crippen molar-refractivity contribution in [3.8, 4) is 0 Å². The average molecular weight is 437 g/mol. The zero-order valence-corrected chi connectivity index (χ0v) is 17.5. The highest BCUT2D eigenvalue weighted by molar-refractivity contribution is 6.30. The van der Waals surface area contributed by atoms with E-state index in [1.165, 1.54) is 0 Å². The second-order valence-electron chi connectivity index (χ2n) is 8.74. The summed E-state index contributed by atoms with van der Waals surface area (Å²) in [7, 11) is 0. The van der Waals surface area contributed by atoms with Crippen LogP contribution in [0.3, 0.4) is 0 Å². The summed E-state index contributed by atoms with van der Waals surface area (Å²) < 4.78 is 7.46. The van der Waals surface area contributed by atoms with E-state index in [9.17, 15) is 9.59 Å². The van der Waals surface area contributed by atoms with E-state index in [4.69, 9.17) is 16.3 Å². The molecule has 0 radical (unpaired) electrons. The van der Waals surface area contributed by atoms with E-state index < -0.39 is 5.60 Å². The van der Waals surface area contributed by atoms with Gasteiger partial charge in [-0.3, -0.25) is 4.79 Å². The minimum Gasteiger partial charge on any atom is -0.441 e. The highest BCUT2D eigenvalue weighted by Crippen LogP contribution is 2.46. The number of imidazole rings is 1. The van der Waals surface area contributed by atoms with Crippen molar-refractivity contribution >= 4 is 29.2 Å². The molecule has 3 aliphatic rings. The van der Waals surface area contributed by atoms with Crippen molar-refractivity contribution in [2.45, 2.75) is 30.9 Å². The van der Waals surface area contributed by atoms with Crippen LogP contribution >= 0.6 is 11.6 Å². The third-order valence-corrected chi connectivity index (χ3v) is 7.10. The SMILES string of the molecule is O=C1NCC2(CC(CN3C(=O)c4ccccc4C3Cc3c(Cl)nc4ccccn34)C2)O1. The van der Waals surface area contributed by atoms with Crippen molar-refractivity contribution in [1.82, 2.24) is 19.6 Å². The van der Waals surface area contributed by atoms with E-state index in [0.717, 1.165) is 35.3 Å². The fourth-order valence-corrected chi connectivity index (χ4v) is 5.64. The van der Waals surface area contributed by atoms with E-state index in [0.29, 0.717) is 30.6 Å². The number of amides is 2. The standard InChI is InChI=1S/C23H21ClN4O3/c24-20-18(27-8-4-3-7-19(27)26-20)9-17-15-5-1-2-6-16(15)21(29)28(17)12-14-10-23(11-14)13-25-22(30)31-23/h1-8,14,17H,9-13H2,(H,25,30). The number of benzene rings is 1. The summed E-state index contributed by atoms with van der Waals surface area (Å²) in [5.74, 6) is 0.346. The first-order valence-electron chi connectivity index (χ1n) is 10.5. The molecule has 1 atom stereocenters. The molecule has 158 valence electrons. The number of nitrogens with one attached hydrogen (secondary N) is 1. The molecular formula is C23H21ClN4O3. The number of carbonyl (C=O) groups excluding carboxylic acids is 2. The molecule has 2 fully saturated rings. The maximum Gasteiger partial charge on any atom is 0.407 e. The van der Waals surface area contributed by atoms with Crippen LogP contribution in [0.1, 0.15) is 40.5 Å². The van der Waals surface area contributed by atoms with Crippen molar-refractivity contribution < 1.29 is 14.3 Å². The number of hydrogen-bond donors (Lipinski definition) is 1. The lowest BCUT2D eigenvalue weighted by Gasteiger charge is -2.44. The van der Waals surface area contributed by atoms with E-state index >= 15 is 0 Å². The Hall–Kier alpha value is -3.06. The molecule has 1 N–H and O–H groups in total. The molecule has 1 unspecified atom stereocenters. The summed E-state index contributed by atoms with van der Waals surface area (Å²) in [5, 5.41) is 3.21. The molecule has 2 amide bonds. The molecule has 7 nitrogen and oxygen atoms in total. The van der Waals surface area contributed by atoms with Gasteiger partial charge in [-0.2, -0.15) is 0 Å². The molecule has 1 saturated heterocycles. The molecule has 2 aliphatic heterocycles. The van der Waals surface area contributed by atoms with Crippen LogP contribution in [0.2, 0.25) is 5.15 Å². The zero-order valence-electron chi connectivity index (χ0n) is 16.8. The highest BCUT2D eigenvalue weighted by Gasteiger charge is 2.52. The van der Waals surface area contributed by atoms with Crippen LogP contribution < -0.4 is 5.32 Å². The van der Waals surface area contributed by atoms with Gasteiger partial charge >= 0.3 is 6.09 Å². The van der Waals surface area contributed by atoms with Gasteiger partial charge in [-0.15, -0.1) is 0 Å².